The molecule has 1 N–H and O–H groups in total. The van der Waals surface area contributed by atoms with Gasteiger partial charge in [0.15, 0.2) is 0 Å². The van der Waals surface area contributed by atoms with E-state index >= 15 is 0 Å². The summed E-state index contributed by atoms with van der Waals surface area (Å²) in [6.07, 6.45) is 2.28. The van der Waals surface area contributed by atoms with Crippen molar-refractivity contribution < 1.29 is 14.3 Å². The van der Waals surface area contributed by atoms with Crippen LogP contribution in [0.3, 0.4) is 0 Å². The molecular weight excluding hydrogens is 252 g/mol. The van der Waals surface area contributed by atoms with Crippen molar-refractivity contribution in [3.05, 3.63) is 53.4 Å². The van der Waals surface area contributed by atoms with E-state index in [-0.39, 0.29) is 12.5 Å². The summed E-state index contributed by atoms with van der Waals surface area (Å²) in [7, 11) is 0. The third-order valence-corrected chi connectivity index (χ3v) is 2.85. The summed E-state index contributed by atoms with van der Waals surface area (Å²) in [5.74, 6) is 1.57. The zero-order valence-corrected chi connectivity index (χ0v) is 10.6. The molecule has 0 spiro atoms. The lowest BCUT2D eigenvalue weighted by Gasteiger charge is -2.14. The maximum absolute atomic E-state index is 9.31. The third-order valence-electron chi connectivity index (χ3n) is 2.61. The van der Waals surface area contributed by atoms with E-state index in [1.807, 2.05) is 24.3 Å². The Morgan fingerprint density at radius 1 is 1.28 bits per heavy atom. The number of halogens is 1. The molecular formula is C14H15ClO3. The average Bonchev–Trinajstić information content (AvgIpc) is 2.87. The van der Waals surface area contributed by atoms with Crippen LogP contribution in [-0.2, 0) is 6.42 Å². The van der Waals surface area contributed by atoms with Gasteiger partial charge in [-0.05, 0) is 30.3 Å². The smallest absolute Gasteiger partial charge is 0.120 e. The number of rotatable bonds is 6. The summed E-state index contributed by atoms with van der Waals surface area (Å²) in [5.41, 5.74) is 0. The van der Waals surface area contributed by atoms with E-state index in [1.165, 1.54) is 0 Å². The van der Waals surface area contributed by atoms with E-state index < -0.39 is 0 Å². The predicted octanol–water partition coefficient (Wildman–Crippen LogP) is 3.16. The first-order valence-electron chi connectivity index (χ1n) is 5.79. The van der Waals surface area contributed by atoms with Gasteiger partial charge in [-0.1, -0.05) is 17.7 Å². The molecule has 0 fully saturated rings. The summed E-state index contributed by atoms with van der Waals surface area (Å²) in [6.45, 7) is 0.485. The van der Waals surface area contributed by atoms with Crippen LogP contribution in [0, 0.1) is 5.92 Å². The van der Waals surface area contributed by atoms with Gasteiger partial charge in [0, 0.05) is 24.0 Å². The topological polar surface area (TPSA) is 42.6 Å². The molecule has 0 amide bonds. The zero-order chi connectivity index (χ0) is 12.8. The van der Waals surface area contributed by atoms with Crippen LogP contribution in [0.5, 0.6) is 5.75 Å². The van der Waals surface area contributed by atoms with Crippen LogP contribution in [0.4, 0.5) is 0 Å². The van der Waals surface area contributed by atoms with Gasteiger partial charge in [-0.25, -0.2) is 0 Å². The van der Waals surface area contributed by atoms with E-state index in [1.54, 1.807) is 18.4 Å². The minimum Gasteiger partial charge on any atom is -0.493 e. The van der Waals surface area contributed by atoms with Crippen LogP contribution in [0.25, 0.3) is 0 Å². The highest BCUT2D eigenvalue weighted by Crippen LogP contribution is 2.18. The Balaban J connectivity index is 1.87. The van der Waals surface area contributed by atoms with Crippen LogP contribution < -0.4 is 4.74 Å². The maximum atomic E-state index is 9.31. The van der Waals surface area contributed by atoms with Crippen molar-refractivity contribution in [2.24, 2.45) is 5.92 Å². The first-order chi connectivity index (χ1) is 8.78. The van der Waals surface area contributed by atoms with Crippen LogP contribution in [0.1, 0.15) is 5.76 Å². The first-order valence-corrected chi connectivity index (χ1v) is 6.17. The molecule has 1 aromatic carbocycles. The van der Waals surface area contributed by atoms with Gasteiger partial charge in [-0.3, -0.25) is 0 Å². The summed E-state index contributed by atoms with van der Waals surface area (Å²) in [5, 5.41) is 9.95. The number of hydrogen-bond acceptors (Lipinski definition) is 3. The fourth-order valence-corrected chi connectivity index (χ4v) is 1.84. The molecule has 1 heterocycles. The molecule has 0 radical (unpaired) electrons. The standard InChI is InChI=1S/C14H15ClO3/c15-12-3-1-4-14(8-12)18-10-11(9-16)7-13-5-2-6-17-13/h1-6,8,11,16H,7,9-10H2. The van der Waals surface area contributed by atoms with Gasteiger partial charge in [0.25, 0.3) is 0 Å². The van der Waals surface area contributed by atoms with Crippen LogP contribution >= 0.6 is 11.6 Å². The van der Waals surface area contributed by atoms with Crippen molar-refractivity contribution in [1.82, 2.24) is 0 Å². The molecule has 0 aliphatic carbocycles. The summed E-state index contributed by atoms with van der Waals surface area (Å²) in [4.78, 5) is 0. The van der Waals surface area contributed by atoms with Crippen molar-refractivity contribution in [1.29, 1.82) is 0 Å². The number of benzene rings is 1. The highest BCUT2D eigenvalue weighted by atomic mass is 35.5. The van der Waals surface area contributed by atoms with Gasteiger partial charge in [0.05, 0.1) is 12.9 Å². The highest BCUT2D eigenvalue weighted by Gasteiger charge is 2.11. The Morgan fingerprint density at radius 3 is 2.83 bits per heavy atom. The van der Waals surface area contributed by atoms with Gasteiger partial charge in [0.1, 0.15) is 11.5 Å². The molecule has 0 saturated heterocycles. The fraction of sp³-hybridized carbons (Fsp3) is 0.286. The second-order valence-corrected chi connectivity index (χ2v) is 4.54. The number of furan rings is 1. The Morgan fingerprint density at radius 2 is 2.17 bits per heavy atom. The van der Waals surface area contributed by atoms with E-state index in [0.717, 1.165) is 5.76 Å². The van der Waals surface area contributed by atoms with Crippen molar-refractivity contribution in [2.45, 2.75) is 6.42 Å². The minimum atomic E-state index is 0.00938. The average molecular weight is 267 g/mol. The Bertz CT molecular complexity index is 468. The van der Waals surface area contributed by atoms with Gasteiger partial charge < -0.3 is 14.3 Å². The third kappa shape index (κ3) is 3.79. The number of hydrogen-bond donors (Lipinski definition) is 1. The number of aliphatic hydroxyl groups is 1. The fourth-order valence-electron chi connectivity index (χ4n) is 1.66. The Labute approximate surface area is 111 Å². The summed E-state index contributed by atoms with van der Waals surface area (Å²) < 4.78 is 10.9. The molecule has 2 rings (SSSR count). The van der Waals surface area contributed by atoms with Crippen molar-refractivity contribution >= 4 is 11.6 Å². The lowest BCUT2D eigenvalue weighted by molar-refractivity contribution is 0.158. The quantitative estimate of drug-likeness (QED) is 0.873. The highest BCUT2D eigenvalue weighted by molar-refractivity contribution is 6.30. The number of aliphatic hydroxyl groups excluding tert-OH is 1. The van der Waals surface area contributed by atoms with Gasteiger partial charge >= 0.3 is 0 Å². The van der Waals surface area contributed by atoms with Gasteiger partial charge in [0.2, 0.25) is 0 Å². The largest absolute Gasteiger partial charge is 0.493 e. The summed E-state index contributed by atoms with van der Waals surface area (Å²) in [6, 6.07) is 10.9. The molecule has 3 nitrogen and oxygen atoms in total. The van der Waals surface area contributed by atoms with Crippen LogP contribution in [0.15, 0.2) is 47.1 Å². The second kappa shape index (κ2) is 6.47. The Hall–Kier alpha value is -1.45. The molecule has 1 aromatic heterocycles. The molecule has 1 atom stereocenters. The molecule has 2 aromatic rings. The number of ether oxygens (including phenoxy) is 1. The van der Waals surface area contributed by atoms with Gasteiger partial charge in [-0.15, -0.1) is 0 Å². The van der Waals surface area contributed by atoms with E-state index in [2.05, 4.69) is 0 Å². The van der Waals surface area contributed by atoms with E-state index in [0.29, 0.717) is 23.8 Å². The SMILES string of the molecule is OCC(COc1cccc(Cl)c1)Cc1ccco1. The lowest BCUT2D eigenvalue weighted by Crippen LogP contribution is -2.18. The van der Waals surface area contributed by atoms with Crippen molar-refractivity contribution in [2.75, 3.05) is 13.2 Å². The van der Waals surface area contributed by atoms with E-state index in [4.69, 9.17) is 20.8 Å². The Kier molecular flexibility index (Phi) is 4.67. The van der Waals surface area contributed by atoms with Crippen LogP contribution in [-0.4, -0.2) is 18.3 Å². The molecule has 4 heteroatoms. The molecule has 96 valence electrons. The van der Waals surface area contributed by atoms with Crippen molar-refractivity contribution in [3.8, 4) is 5.75 Å². The zero-order valence-electron chi connectivity index (χ0n) is 9.88. The van der Waals surface area contributed by atoms with E-state index in [9.17, 15) is 5.11 Å². The monoisotopic (exact) mass is 266 g/mol. The molecule has 18 heavy (non-hydrogen) atoms. The minimum absolute atomic E-state index is 0.00938. The molecule has 0 bridgehead atoms. The molecule has 0 aliphatic heterocycles. The predicted molar refractivity (Wildman–Crippen MR) is 69.9 cm³/mol. The van der Waals surface area contributed by atoms with Gasteiger partial charge in [-0.2, -0.15) is 0 Å². The molecule has 0 saturated carbocycles. The van der Waals surface area contributed by atoms with Crippen molar-refractivity contribution in [3.63, 3.8) is 0 Å². The maximum Gasteiger partial charge on any atom is 0.120 e. The molecule has 1 unspecified atom stereocenters. The normalized spacial score (nSPS) is 12.3. The summed E-state index contributed by atoms with van der Waals surface area (Å²) >= 11 is 5.86. The molecule has 0 aliphatic rings. The second-order valence-electron chi connectivity index (χ2n) is 4.10. The van der Waals surface area contributed by atoms with Crippen LogP contribution in [0.2, 0.25) is 5.02 Å². The first kappa shape index (κ1) is 13.0. The lowest BCUT2D eigenvalue weighted by atomic mass is 10.1.